The fourth-order valence-electron chi connectivity index (χ4n) is 2.75. The number of hydrogen-bond acceptors (Lipinski definition) is 3. The van der Waals surface area contributed by atoms with Gasteiger partial charge in [-0.25, -0.2) is 0 Å². The Bertz CT molecular complexity index is 625. The molecule has 0 aliphatic heterocycles. The topological polar surface area (TPSA) is 43.4 Å². The van der Waals surface area contributed by atoms with E-state index in [4.69, 9.17) is 4.18 Å². The van der Waals surface area contributed by atoms with Crippen molar-refractivity contribution >= 4 is 10.1 Å². The summed E-state index contributed by atoms with van der Waals surface area (Å²) < 4.78 is 29.4. The zero-order valence-electron chi connectivity index (χ0n) is 13.2. The minimum absolute atomic E-state index is 0.136. The van der Waals surface area contributed by atoms with E-state index in [1.807, 2.05) is 6.92 Å². The van der Waals surface area contributed by atoms with Crippen molar-refractivity contribution in [2.24, 2.45) is 11.3 Å². The molecule has 1 unspecified atom stereocenters. The first kappa shape index (κ1) is 16.2. The van der Waals surface area contributed by atoms with Crippen LogP contribution in [0.25, 0.3) is 0 Å². The van der Waals surface area contributed by atoms with Gasteiger partial charge in [-0.2, -0.15) is 8.42 Å². The molecular formula is C17H24O3S. The lowest BCUT2D eigenvalue weighted by atomic mass is 9.76. The van der Waals surface area contributed by atoms with E-state index in [0.29, 0.717) is 5.92 Å². The molecule has 0 saturated heterocycles. The Balaban J connectivity index is 1.93. The van der Waals surface area contributed by atoms with Crippen LogP contribution in [0.1, 0.15) is 39.2 Å². The minimum Gasteiger partial charge on any atom is -0.266 e. The third-order valence-corrected chi connectivity index (χ3v) is 6.09. The molecule has 0 heterocycles. The van der Waals surface area contributed by atoms with Crippen LogP contribution < -0.4 is 0 Å². The lowest BCUT2D eigenvalue weighted by Gasteiger charge is -2.29. The van der Waals surface area contributed by atoms with E-state index < -0.39 is 10.1 Å². The van der Waals surface area contributed by atoms with Gasteiger partial charge in [-0.1, -0.05) is 43.2 Å². The van der Waals surface area contributed by atoms with Gasteiger partial charge in [0.25, 0.3) is 10.1 Å². The highest BCUT2D eigenvalue weighted by atomic mass is 32.2. The monoisotopic (exact) mass is 308 g/mol. The molecule has 1 aromatic carbocycles. The van der Waals surface area contributed by atoms with Crippen LogP contribution in [0.15, 0.2) is 40.8 Å². The first-order valence-electron chi connectivity index (χ1n) is 7.37. The van der Waals surface area contributed by atoms with E-state index in [0.717, 1.165) is 18.4 Å². The molecule has 0 spiro atoms. The summed E-state index contributed by atoms with van der Waals surface area (Å²) in [5.41, 5.74) is 2.55. The maximum atomic E-state index is 12.1. The summed E-state index contributed by atoms with van der Waals surface area (Å²) in [4.78, 5) is 0.230. The Morgan fingerprint density at radius 1 is 1.19 bits per heavy atom. The maximum absolute atomic E-state index is 12.1. The van der Waals surface area contributed by atoms with E-state index in [2.05, 4.69) is 26.8 Å². The van der Waals surface area contributed by atoms with Gasteiger partial charge in [-0.3, -0.25) is 4.18 Å². The SMILES string of the molecule is CC1=CCC(CCOS(=O)(=O)c2ccc(C)cc2)C1(C)C. The van der Waals surface area contributed by atoms with Crippen molar-refractivity contribution in [3.05, 3.63) is 41.5 Å². The van der Waals surface area contributed by atoms with Gasteiger partial charge in [-0.05, 0) is 50.2 Å². The summed E-state index contributed by atoms with van der Waals surface area (Å²) in [5, 5.41) is 0. The largest absolute Gasteiger partial charge is 0.296 e. The molecule has 0 fully saturated rings. The van der Waals surface area contributed by atoms with Gasteiger partial charge in [0.1, 0.15) is 0 Å². The molecule has 0 radical (unpaired) electrons. The van der Waals surface area contributed by atoms with Crippen LogP contribution in [-0.4, -0.2) is 15.0 Å². The van der Waals surface area contributed by atoms with Crippen molar-refractivity contribution < 1.29 is 12.6 Å². The van der Waals surface area contributed by atoms with E-state index in [9.17, 15) is 8.42 Å². The summed E-state index contributed by atoms with van der Waals surface area (Å²) in [6.07, 6.45) is 4.01. The minimum atomic E-state index is -3.64. The van der Waals surface area contributed by atoms with E-state index in [1.54, 1.807) is 24.3 Å². The van der Waals surface area contributed by atoms with Gasteiger partial charge in [0.05, 0.1) is 11.5 Å². The van der Waals surface area contributed by atoms with Crippen molar-refractivity contribution in [2.75, 3.05) is 6.61 Å². The summed E-state index contributed by atoms with van der Waals surface area (Å²) in [7, 11) is -3.64. The van der Waals surface area contributed by atoms with Crippen LogP contribution in [0.4, 0.5) is 0 Å². The number of benzene rings is 1. The van der Waals surface area contributed by atoms with Crippen molar-refractivity contribution in [3.63, 3.8) is 0 Å². The van der Waals surface area contributed by atoms with E-state index >= 15 is 0 Å². The van der Waals surface area contributed by atoms with E-state index in [-0.39, 0.29) is 16.9 Å². The Hall–Kier alpha value is -1.13. The average Bonchev–Trinajstić information content (AvgIpc) is 2.66. The first-order chi connectivity index (χ1) is 9.73. The molecule has 0 amide bonds. The van der Waals surface area contributed by atoms with Gasteiger partial charge in [0, 0.05) is 0 Å². The second-order valence-electron chi connectivity index (χ2n) is 6.42. The average molecular weight is 308 g/mol. The molecule has 116 valence electrons. The van der Waals surface area contributed by atoms with Crippen LogP contribution in [0, 0.1) is 18.3 Å². The Morgan fingerprint density at radius 3 is 2.33 bits per heavy atom. The molecule has 2 rings (SSSR count). The summed E-state index contributed by atoms with van der Waals surface area (Å²) in [6.45, 7) is 8.74. The molecule has 1 atom stereocenters. The second-order valence-corrected chi connectivity index (χ2v) is 8.03. The molecule has 0 N–H and O–H groups in total. The lowest BCUT2D eigenvalue weighted by molar-refractivity contribution is 0.217. The van der Waals surface area contributed by atoms with Gasteiger partial charge in [0.15, 0.2) is 0 Å². The van der Waals surface area contributed by atoms with Crippen LogP contribution in [0.5, 0.6) is 0 Å². The second kappa shape index (κ2) is 5.93. The molecule has 0 aromatic heterocycles. The summed E-state index contributed by atoms with van der Waals surface area (Å²) in [6, 6.07) is 6.75. The van der Waals surface area contributed by atoms with Crippen molar-refractivity contribution in [2.45, 2.75) is 45.4 Å². The predicted octanol–water partition coefficient (Wildman–Crippen LogP) is 4.08. The molecule has 1 aromatic rings. The van der Waals surface area contributed by atoms with Gasteiger partial charge < -0.3 is 0 Å². The van der Waals surface area contributed by atoms with Crippen LogP contribution in [-0.2, 0) is 14.3 Å². The number of aryl methyl sites for hydroxylation is 1. The van der Waals surface area contributed by atoms with Gasteiger partial charge in [-0.15, -0.1) is 0 Å². The zero-order chi connectivity index (χ0) is 15.7. The standard InChI is InChI=1S/C17H24O3S/c1-13-5-9-16(10-6-13)21(18,19)20-12-11-15-8-7-14(2)17(15,3)4/h5-7,9-10,15H,8,11-12H2,1-4H3. The lowest BCUT2D eigenvalue weighted by Crippen LogP contribution is -2.22. The highest BCUT2D eigenvalue weighted by Gasteiger charge is 2.34. The van der Waals surface area contributed by atoms with Crippen molar-refractivity contribution in [3.8, 4) is 0 Å². The normalized spacial score (nSPS) is 21.3. The molecule has 1 aliphatic rings. The fraction of sp³-hybridized carbons (Fsp3) is 0.529. The highest BCUT2D eigenvalue weighted by Crippen LogP contribution is 2.44. The third-order valence-electron chi connectivity index (χ3n) is 4.76. The quantitative estimate of drug-likeness (QED) is 0.608. The van der Waals surface area contributed by atoms with Gasteiger partial charge in [0.2, 0.25) is 0 Å². The molecule has 1 aliphatic carbocycles. The molecule has 21 heavy (non-hydrogen) atoms. The van der Waals surface area contributed by atoms with Crippen LogP contribution >= 0.6 is 0 Å². The fourth-order valence-corrected chi connectivity index (χ4v) is 3.67. The predicted molar refractivity (Wildman–Crippen MR) is 84.6 cm³/mol. The first-order valence-corrected chi connectivity index (χ1v) is 8.77. The molecular weight excluding hydrogens is 284 g/mol. The highest BCUT2D eigenvalue weighted by molar-refractivity contribution is 7.86. The Labute approximate surface area is 128 Å². The molecule has 0 bridgehead atoms. The van der Waals surface area contributed by atoms with E-state index in [1.165, 1.54) is 5.57 Å². The molecule has 4 heteroatoms. The number of allylic oxidation sites excluding steroid dienone is 2. The smallest absolute Gasteiger partial charge is 0.266 e. The zero-order valence-corrected chi connectivity index (χ0v) is 14.0. The molecule has 3 nitrogen and oxygen atoms in total. The maximum Gasteiger partial charge on any atom is 0.296 e. The third kappa shape index (κ3) is 3.55. The number of rotatable bonds is 5. The Morgan fingerprint density at radius 2 is 1.81 bits per heavy atom. The number of hydrogen-bond donors (Lipinski definition) is 0. The molecule has 0 saturated carbocycles. The van der Waals surface area contributed by atoms with Crippen molar-refractivity contribution in [1.29, 1.82) is 0 Å². The Kier molecular flexibility index (Phi) is 4.59. The summed E-state index contributed by atoms with van der Waals surface area (Å²) in [5.74, 6) is 0.450. The van der Waals surface area contributed by atoms with Gasteiger partial charge >= 0.3 is 0 Å². The van der Waals surface area contributed by atoms with Crippen LogP contribution in [0.2, 0.25) is 0 Å². The van der Waals surface area contributed by atoms with Crippen molar-refractivity contribution in [1.82, 2.24) is 0 Å². The van der Waals surface area contributed by atoms with Crippen LogP contribution in [0.3, 0.4) is 0 Å². The summed E-state index contributed by atoms with van der Waals surface area (Å²) >= 11 is 0.